The van der Waals surface area contributed by atoms with E-state index in [4.69, 9.17) is 0 Å². The summed E-state index contributed by atoms with van der Waals surface area (Å²) in [6, 6.07) is 6.74. The Morgan fingerprint density at radius 2 is 1.97 bits per heavy atom. The number of carbonyl (C=O) groups excluding carboxylic acids is 1. The minimum Gasteiger partial charge on any atom is -0.305 e. The molecule has 0 fully saturated rings. The summed E-state index contributed by atoms with van der Waals surface area (Å²) in [5.41, 5.74) is 0.992. The van der Waals surface area contributed by atoms with Crippen LogP contribution in [-0.2, 0) is 26.9 Å². The van der Waals surface area contributed by atoms with Gasteiger partial charge in [0.05, 0.1) is 10.1 Å². The zero-order chi connectivity index (χ0) is 21.7. The van der Waals surface area contributed by atoms with Crippen LogP contribution in [0, 0.1) is 6.92 Å². The third kappa shape index (κ3) is 5.27. The first-order chi connectivity index (χ1) is 14.3. The molecule has 0 saturated heterocycles. The summed E-state index contributed by atoms with van der Waals surface area (Å²) in [4.78, 5) is 16.9. The Bertz CT molecular complexity index is 1090. The van der Waals surface area contributed by atoms with Gasteiger partial charge in [0.1, 0.15) is 11.6 Å². The van der Waals surface area contributed by atoms with Gasteiger partial charge >= 0.3 is 0 Å². The van der Waals surface area contributed by atoms with E-state index >= 15 is 0 Å². The van der Waals surface area contributed by atoms with Crippen molar-refractivity contribution < 1.29 is 13.2 Å². The number of carbonyl (C=O) groups is 1. The highest BCUT2D eigenvalue weighted by Crippen LogP contribution is 2.27. The molecule has 0 radical (unpaired) electrons. The molecule has 2 heterocycles. The zero-order valence-electron chi connectivity index (χ0n) is 16.9. The fraction of sp³-hybridized carbons (Fsp3) is 0.368. The van der Waals surface area contributed by atoms with Gasteiger partial charge in [-0.15, -0.1) is 21.5 Å². The summed E-state index contributed by atoms with van der Waals surface area (Å²) >= 11 is 2.62. The molecule has 0 aliphatic heterocycles. The van der Waals surface area contributed by atoms with Crippen LogP contribution in [0.4, 0.5) is 5.13 Å². The van der Waals surface area contributed by atoms with E-state index in [0.717, 1.165) is 5.56 Å². The number of aromatic nitrogens is 4. The second-order valence-corrected chi connectivity index (χ2v) is 10.6. The first kappa shape index (κ1) is 22.4. The summed E-state index contributed by atoms with van der Waals surface area (Å²) in [5, 5.41) is 13.5. The van der Waals surface area contributed by atoms with Crippen molar-refractivity contribution in [2.45, 2.75) is 54.8 Å². The third-order valence-electron chi connectivity index (χ3n) is 4.38. The molecule has 1 atom stereocenters. The molecule has 30 heavy (non-hydrogen) atoms. The molecule has 11 heteroatoms. The van der Waals surface area contributed by atoms with E-state index in [1.165, 1.54) is 23.1 Å². The number of amides is 1. The highest BCUT2D eigenvalue weighted by Gasteiger charge is 2.25. The average molecular weight is 466 g/mol. The van der Waals surface area contributed by atoms with Gasteiger partial charge in [-0.25, -0.2) is 13.4 Å². The van der Waals surface area contributed by atoms with Crippen LogP contribution in [0.1, 0.15) is 31.7 Å². The Labute approximate surface area is 184 Å². The molecule has 0 bridgehead atoms. The molecule has 0 saturated carbocycles. The van der Waals surface area contributed by atoms with Gasteiger partial charge in [-0.2, -0.15) is 0 Å². The first-order valence-electron chi connectivity index (χ1n) is 9.42. The van der Waals surface area contributed by atoms with E-state index in [1.54, 1.807) is 40.4 Å². The van der Waals surface area contributed by atoms with E-state index < -0.39 is 15.1 Å². The number of anilines is 1. The number of benzene rings is 1. The van der Waals surface area contributed by atoms with E-state index in [2.05, 4.69) is 20.5 Å². The van der Waals surface area contributed by atoms with Crippen LogP contribution in [0.2, 0.25) is 0 Å². The van der Waals surface area contributed by atoms with Crippen LogP contribution in [0.3, 0.4) is 0 Å². The number of sulfone groups is 1. The highest BCUT2D eigenvalue weighted by atomic mass is 32.2. The largest absolute Gasteiger partial charge is 0.305 e. The summed E-state index contributed by atoms with van der Waals surface area (Å²) in [5.74, 6) is -0.0628. The maximum Gasteiger partial charge on any atom is 0.239 e. The Morgan fingerprint density at radius 3 is 2.57 bits per heavy atom. The zero-order valence-corrected chi connectivity index (χ0v) is 19.4. The van der Waals surface area contributed by atoms with Crippen LogP contribution in [-0.4, -0.2) is 39.3 Å². The van der Waals surface area contributed by atoms with E-state index in [1.807, 2.05) is 20.8 Å². The fourth-order valence-electron chi connectivity index (χ4n) is 2.75. The second kappa shape index (κ2) is 9.71. The lowest BCUT2D eigenvalue weighted by Crippen LogP contribution is -2.25. The molecule has 0 aliphatic carbocycles. The summed E-state index contributed by atoms with van der Waals surface area (Å²) in [6.45, 7) is 6.21. The molecule has 3 rings (SSSR count). The number of thioether (sulfide) groups is 1. The van der Waals surface area contributed by atoms with Gasteiger partial charge < -0.3 is 9.88 Å². The van der Waals surface area contributed by atoms with Gasteiger partial charge in [0, 0.05) is 18.1 Å². The Balaban J connectivity index is 1.77. The number of hydrogen-bond acceptors (Lipinski definition) is 8. The van der Waals surface area contributed by atoms with Crippen molar-refractivity contribution in [1.82, 2.24) is 19.7 Å². The predicted octanol–water partition coefficient (Wildman–Crippen LogP) is 3.55. The Kier molecular flexibility index (Phi) is 7.27. The van der Waals surface area contributed by atoms with Crippen molar-refractivity contribution in [3.8, 4) is 0 Å². The van der Waals surface area contributed by atoms with E-state index in [0.29, 0.717) is 29.1 Å². The lowest BCUT2D eigenvalue weighted by molar-refractivity contribution is -0.115. The van der Waals surface area contributed by atoms with Crippen LogP contribution >= 0.6 is 23.1 Å². The smallest absolute Gasteiger partial charge is 0.239 e. The van der Waals surface area contributed by atoms with Gasteiger partial charge in [-0.3, -0.25) is 4.79 Å². The molecule has 0 aliphatic rings. The predicted molar refractivity (Wildman–Crippen MR) is 118 cm³/mol. The minimum absolute atomic E-state index is 0.170. The fourth-order valence-corrected chi connectivity index (χ4v) is 5.59. The minimum atomic E-state index is -3.55. The molecule has 160 valence electrons. The number of nitrogens with zero attached hydrogens (tertiary/aromatic N) is 4. The third-order valence-corrected chi connectivity index (χ3v) is 8.04. The molecular weight excluding hydrogens is 442 g/mol. The topological polar surface area (TPSA) is 107 Å². The monoisotopic (exact) mass is 465 g/mol. The number of nitrogens with one attached hydrogen (secondary N) is 1. The molecule has 3 aromatic rings. The lowest BCUT2D eigenvalue weighted by Gasteiger charge is -2.14. The number of aryl methyl sites for hydroxylation is 1. The van der Waals surface area contributed by atoms with Crippen molar-refractivity contribution in [1.29, 1.82) is 0 Å². The van der Waals surface area contributed by atoms with E-state index in [-0.39, 0.29) is 16.6 Å². The van der Waals surface area contributed by atoms with Gasteiger partial charge in [-0.1, -0.05) is 36.4 Å². The maximum absolute atomic E-state index is 12.8. The molecule has 0 spiro atoms. The van der Waals surface area contributed by atoms with Gasteiger partial charge in [-0.05, 0) is 32.4 Å². The maximum atomic E-state index is 12.8. The Hall–Kier alpha value is -2.24. The van der Waals surface area contributed by atoms with Gasteiger partial charge in [0.25, 0.3) is 0 Å². The van der Waals surface area contributed by atoms with Crippen LogP contribution < -0.4 is 5.32 Å². The molecular formula is C19H23N5O3S3. The molecule has 1 aromatic carbocycles. The quantitative estimate of drug-likeness (QED) is 0.482. The highest BCUT2D eigenvalue weighted by molar-refractivity contribution is 8.00. The van der Waals surface area contributed by atoms with E-state index in [9.17, 15) is 13.2 Å². The summed E-state index contributed by atoms with van der Waals surface area (Å²) in [6.07, 6.45) is 2.21. The second-order valence-electron chi connectivity index (χ2n) is 6.56. The molecule has 2 aromatic heterocycles. The average Bonchev–Trinajstić information content (AvgIpc) is 3.35. The van der Waals surface area contributed by atoms with Crippen LogP contribution in [0.25, 0.3) is 0 Å². The standard InChI is InChI=1S/C19H23N5O3S3/c1-4-15(17(25)21-18-20-10-11-28-18)29-19-23-22-16(24(19)5-2)12-30(26,27)14-8-6-13(3)7-9-14/h6-11,15H,4-5,12H2,1-3H3,(H,20,21,25). The van der Waals surface area contributed by atoms with Crippen molar-refractivity contribution >= 4 is 44.0 Å². The normalized spacial score (nSPS) is 12.6. The van der Waals surface area contributed by atoms with Crippen molar-refractivity contribution in [3.05, 3.63) is 47.2 Å². The van der Waals surface area contributed by atoms with Crippen LogP contribution in [0.5, 0.6) is 0 Å². The van der Waals surface area contributed by atoms with Crippen LogP contribution in [0.15, 0.2) is 45.9 Å². The van der Waals surface area contributed by atoms with Crippen molar-refractivity contribution in [2.24, 2.45) is 0 Å². The number of thiazole rings is 1. The number of rotatable bonds is 9. The molecule has 1 N–H and O–H groups in total. The molecule has 8 nitrogen and oxygen atoms in total. The SMILES string of the molecule is CCC(Sc1nnc(CS(=O)(=O)c2ccc(C)cc2)n1CC)C(=O)Nc1nccs1. The van der Waals surface area contributed by atoms with Gasteiger partial charge in [0.2, 0.25) is 5.91 Å². The van der Waals surface area contributed by atoms with Crippen molar-refractivity contribution in [3.63, 3.8) is 0 Å². The first-order valence-corrected chi connectivity index (χ1v) is 12.8. The van der Waals surface area contributed by atoms with Gasteiger partial charge in [0.15, 0.2) is 20.1 Å². The lowest BCUT2D eigenvalue weighted by atomic mass is 10.2. The number of hydrogen-bond donors (Lipinski definition) is 1. The summed E-state index contributed by atoms with van der Waals surface area (Å²) < 4.78 is 27.3. The molecule has 1 amide bonds. The summed E-state index contributed by atoms with van der Waals surface area (Å²) in [7, 11) is -3.55. The molecule has 1 unspecified atom stereocenters. The van der Waals surface area contributed by atoms with Crippen molar-refractivity contribution in [2.75, 3.05) is 5.32 Å². The Morgan fingerprint density at radius 1 is 1.23 bits per heavy atom.